The first-order chi connectivity index (χ1) is 33.5. The van der Waals surface area contributed by atoms with E-state index in [0.29, 0.717) is 70.8 Å². The molecule has 0 saturated carbocycles. The zero-order valence-electron chi connectivity index (χ0n) is 41.2. The molecular weight excluding hydrogens is 952 g/mol. The van der Waals surface area contributed by atoms with Crippen LogP contribution in [0.4, 0.5) is 27.0 Å². The highest BCUT2D eigenvalue weighted by molar-refractivity contribution is 6.31. The van der Waals surface area contributed by atoms with Crippen molar-refractivity contribution in [3.8, 4) is 0 Å². The number of carbonyl (C=O) groups excluding carboxylic acids is 3. The molecular formula is C50H60Cl2N12O7. The van der Waals surface area contributed by atoms with Crippen molar-refractivity contribution in [3.63, 3.8) is 0 Å². The van der Waals surface area contributed by atoms with Gasteiger partial charge in [-0.05, 0) is 90.5 Å². The van der Waals surface area contributed by atoms with E-state index < -0.39 is 29.3 Å². The summed E-state index contributed by atoms with van der Waals surface area (Å²) >= 11 is 12.9. The highest BCUT2D eigenvalue weighted by atomic mass is 35.5. The van der Waals surface area contributed by atoms with Gasteiger partial charge in [0.1, 0.15) is 22.4 Å². The molecule has 71 heavy (non-hydrogen) atoms. The van der Waals surface area contributed by atoms with Crippen LogP contribution in [0.2, 0.25) is 10.0 Å². The van der Waals surface area contributed by atoms with E-state index >= 15 is 0 Å². The van der Waals surface area contributed by atoms with Crippen molar-refractivity contribution < 1.29 is 23.9 Å². The number of halogens is 2. The van der Waals surface area contributed by atoms with Crippen LogP contribution in [-0.2, 0) is 36.4 Å². The fourth-order valence-corrected chi connectivity index (χ4v) is 9.24. The minimum absolute atomic E-state index is 0.0500. The molecule has 4 N–H and O–H groups in total. The van der Waals surface area contributed by atoms with Crippen LogP contribution in [0.25, 0.3) is 15.9 Å². The van der Waals surface area contributed by atoms with Crippen LogP contribution in [0.15, 0.2) is 70.5 Å². The molecule has 2 aromatic carbocycles. The molecule has 2 aliphatic heterocycles. The lowest BCUT2D eigenvalue weighted by Crippen LogP contribution is -2.49. The van der Waals surface area contributed by atoms with Crippen molar-refractivity contribution in [3.05, 3.63) is 131 Å². The third-order valence-electron chi connectivity index (χ3n) is 12.1. The molecule has 21 heteroatoms. The average Bonchev–Trinajstić information content (AvgIpc) is 3.84. The highest BCUT2D eigenvalue weighted by Gasteiger charge is 2.32. The summed E-state index contributed by atoms with van der Waals surface area (Å²) in [6.45, 7) is 20.8. The second-order valence-corrected chi connectivity index (χ2v) is 20.6. The predicted octanol–water partition coefficient (Wildman–Crippen LogP) is 7.19. The van der Waals surface area contributed by atoms with Gasteiger partial charge in [-0.3, -0.25) is 14.2 Å². The maximum atomic E-state index is 13.4. The van der Waals surface area contributed by atoms with E-state index in [1.807, 2.05) is 88.9 Å². The zero-order valence-corrected chi connectivity index (χ0v) is 42.7. The number of anilines is 2. The van der Waals surface area contributed by atoms with Gasteiger partial charge in [0, 0.05) is 79.3 Å². The monoisotopic (exact) mass is 1010 g/mol. The largest absolute Gasteiger partial charge is 0.444 e. The van der Waals surface area contributed by atoms with Crippen LogP contribution in [0.3, 0.4) is 0 Å². The summed E-state index contributed by atoms with van der Waals surface area (Å²) < 4.78 is 16.3. The predicted molar refractivity (Wildman–Crippen MR) is 273 cm³/mol. The molecule has 19 nitrogen and oxygen atoms in total. The number of alkyl carbamates (subject to hydrolysis) is 2. The van der Waals surface area contributed by atoms with Gasteiger partial charge < -0.3 is 45.1 Å². The van der Waals surface area contributed by atoms with E-state index in [-0.39, 0.29) is 34.7 Å². The molecule has 0 unspecified atom stereocenters. The molecule has 2 atom stereocenters. The first-order valence-corrected chi connectivity index (χ1v) is 24.1. The Hall–Kier alpha value is -7.04. The van der Waals surface area contributed by atoms with Gasteiger partial charge >= 0.3 is 17.7 Å². The number of aromatic nitrogens is 6. The molecule has 0 aliphatic carbocycles. The van der Waals surface area contributed by atoms with Crippen LogP contribution in [0, 0.1) is 6.57 Å². The Bertz CT molecular complexity index is 3160. The van der Waals surface area contributed by atoms with E-state index in [1.165, 1.54) is 31.4 Å². The number of benzene rings is 2. The van der Waals surface area contributed by atoms with Crippen LogP contribution in [-0.4, -0.2) is 95.9 Å². The lowest BCUT2D eigenvalue weighted by atomic mass is 10.0. The first-order valence-electron chi connectivity index (χ1n) is 23.4. The smallest absolute Gasteiger partial charge is 0.407 e. The maximum Gasteiger partial charge on any atom is 0.407 e. The molecule has 3 amide bonds. The minimum atomic E-state index is -0.721. The number of amides is 3. The second-order valence-electron chi connectivity index (χ2n) is 19.8. The Morgan fingerprint density at radius 1 is 0.718 bits per heavy atom. The lowest BCUT2D eigenvalue weighted by molar-refractivity contribution is 0.0488. The number of ether oxygens (including phenoxy) is 2. The number of nitrogens with two attached hydrogens (primary N) is 1. The number of carbonyl (C=O) groups is 3. The van der Waals surface area contributed by atoms with E-state index in [1.54, 1.807) is 19.3 Å². The minimum Gasteiger partial charge on any atom is -0.444 e. The molecule has 376 valence electrons. The Morgan fingerprint density at radius 2 is 1.14 bits per heavy atom. The third-order valence-corrected chi connectivity index (χ3v) is 12.8. The number of fused-ring (bicyclic) bond motifs is 2. The Kier molecular flexibility index (Phi) is 15.4. The van der Waals surface area contributed by atoms with Crippen LogP contribution >= 0.6 is 23.2 Å². The standard InChI is InChI=1S/C25H31ClN6O4.C25H29ClN6O3/c1-25(2,3)36-24(35)28-16-9-7-11-31(13-16)22-17(12-15-8-5-6-10-18(15)26)20-23(34)30(4)19(21(27)33)14-32(20)29-22;1-25(2,3)35-24(34)28-17-10-8-12-31(14-17)22-18(13-16-9-6-7-11-19(16)26)21-23(33)30(5)20(27-4)15-32(21)29-22/h5-6,8,10,14,16H,7,9,11-13H2,1-4H3,(H2,27,33)(H,28,35);6-7,9,11,15,17H,8,10,12-14H2,1-3,5H3,(H,28,34)/t16-;17-/m11/s1. The van der Waals surface area contributed by atoms with Gasteiger partial charge in [-0.1, -0.05) is 66.2 Å². The maximum absolute atomic E-state index is 13.4. The number of nitrogens with zero attached hydrogens (tertiary/aromatic N) is 9. The SMILES string of the molecule is Cn1c(C(N)=O)cn2nc(N3CCC[C@@H](NC(=O)OC(C)(C)C)C3)c(Cc3ccccc3Cl)c2c1=O.[C-]#[N+]c1cn2nc(N3CCC[C@@H](NC(=O)OC(C)(C)C)C3)c(Cc3ccccc3Cl)c2c(=O)n1C. The average molecular weight is 1010 g/mol. The summed E-state index contributed by atoms with van der Waals surface area (Å²) in [5, 5.41) is 16.6. The van der Waals surface area contributed by atoms with E-state index in [2.05, 4.69) is 20.4 Å². The van der Waals surface area contributed by atoms with Gasteiger partial charge in [0.15, 0.2) is 17.2 Å². The van der Waals surface area contributed by atoms with Crippen molar-refractivity contribution in [2.24, 2.45) is 19.8 Å². The van der Waals surface area contributed by atoms with Gasteiger partial charge in [-0.25, -0.2) is 23.4 Å². The van der Waals surface area contributed by atoms with E-state index in [9.17, 15) is 24.0 Å². The number of hydrogen-bond acceptors (Lipinski definition) is 11. The molecule has 2 aliphatic rings. The van der Waals surface area contributed by atoms with Crippen LogP contribution < -0.4 is 37.3 Å². The summed E-state index contributed by atoms with van der Waals surface area (Å²) in [5.41, 5.74) is 7.61. The van der Waals surface area contributed by atoms with Gasteiger partial charge in [-0.15, -0.1) is 5.10 Å². The van der Waals surface area contributed by atoms with Crippen LogP contribution in [0.5, 0.6) is 0 Å². The van der Waals surface area contributed by atoms with Crippen molar-refractivity contribution in [1.82, 2.24) is 39.0 Å². The molecule has 0 spiro atoms. The molecule has 0 bridgehead atoms. The third kappa shape index (κ3) is 12.1. The summed E-state index contributed by atoms with van der Waals surface area (Å²) in [6.07, 6.45) is 6.14. The number of piperidine rings is 2. The van der Waals surface area contributed by atoms with Crippen molar-refractivity contribution in [1.29, 1.82) is 0 Å². The molecule has 2 fully saturated rings. The van der Waals surface area contributed by atoms with Gasteiger partial charge in [0.05, 0.1) is 19.4 Å². The van der Waals surface area contributed by atoms with Crippen LogP contribution in [0.1, 0.15) is 100.0 Å². The first kappa shape index (κ1) is 51.8. The van der Waals surface area contributed by atoms with Gasteiger partial charge in [0.25, 0.3) is 17.3 Å². The zero-order chi connectivity index (χ0) is 51.5. The summed E-state index contributed by atoms with van der Waals surface area (Å²) in [4.78, 5) is 70.9. The topological polar surface area (TPSA) is 209 Å². The van der Waals surface area contributed by atoms with Crippen molar-refractivity contribution in [2.45, 2.75) is 103 Å². The Morgan fingerprint density at radius 3 is 1.55 bits per heavy atom. The number of nitrogens with one attached hydrogen (secondary N) is 2. The van der Waals surface area contributed by atoms with Gasteiger partial charge in [-0.2, -0.15) is 5.10 Å². The Balaban J connectivity index is 0.000000209. The summed E-state index contributed by atoms with van der Waals surface area (Å²) in [5.74, 6) is 0.730. The molecule has 6 heterocycles. The fraction of sp³-hybridized carbons (Fsp3) is 0.440. The Labute approximate surface area is 421 Å². The number of rotatable bonds is 9. The number of hydrogen-bond donors (Lipinski definition) is 3. The second kappa shape index (κ2) is 21.1. The quantitative estimate of drug-likeness (QED) is 0.124. The lowest BCUT2D eigenvalue weighted by Gasteiger charge is -2.34. The van der Waals surface area contributed by atoms with Crippen molar-refractivity contribution >= 4 is 69.8 Å². The summed E-state index contributed by atoms with van der Waals surface area (Å²) in [7, 11) is 3.10. The fourth-order valence-electron chi connectivity index (χ4n) is 8.84. The van der Waals surface area contributed by atoms with E-state index in [4.69, 9.17) is 55.2 Å². The normalized spacial score (nSPS) is 16.2. The number of primary amides is 1. The molecule has 6 aromatic rings. The molecule has 4 aromatic heterocycles. The molecule has 8 rings (SSSR count). The summed E-state index contributed by atoms with van der Waals surface area (Å²) in [6, 6.07) is 14.7. The highest BCUT2D eigenvalue weighted by Crippen LogP contribution is 2.32. The van der Waals surface area contributed by atoms with E-state index in [0.717, 1.165) is 48.9 Å². The molecule has 0 radical (unpaired) electrons. The van der Waals surface area contributed by atoms with Crippen molar-refractivity contribution in [2.75, 3.05) is 36.0 Å². The molecule has 2 saturated heterocycles. The van der Waals surface area contributed by atoms with Gasteiger partial charge in [0.2, 0.25) is 0 Å².